The number of rotatable bonds is 1. The summed E-state index contributed by atoms with van der Waals surface area (Å²) in [6, 6.07) is 16.3. The zero-order chi connectivity index (χ0) is 21.3. The first-order valence-corrected chi connectivity index (χ1v) is 10.8. The topological polar surface area (TPSA) is 81.3 Å². The highest BCUT2D eigenvalue weighted by Gasteiger charge is 2.45. The van der Waals surface area contributed by atoms with E-state index in [-0.39, 0.29) is 30.3 Å². The second-order valence-corrected chi connectivity index (χ2v) is 8.79. The fraction of sp³-hybridized carbons (Fsp3) is 0.200. The van der Waals surface area contributed by atoms with Gasteiger partial charge < -0.3 is 23.9 Å². The lowest BCUT2D eigenvalue weighted by molar-refractivity contribution is -0.0597. The Labute approximate surface area is 181 Å². The van der Waals surface area contributed by atoms with Gasteiger partial charge in [0.25, 0.3) is 5.91 Å². The molecule has 3 aliphatic heterocycles. The number of carbonyl (C=O) groups excluding carboxylic acids is 1. The van der Waals surface area contributed by atoms with Crippen LogP contribution in [-0.2, 0) is 9.47 Å². The van der Waals surface area contributed by atoms with Crippen LogP contribution in [0.2, 0.25) is 0 Å². The molecular formula is C25H18N4O3. The number of aromatic nitrogens is 2. The maximum absolute atomic E-state index is 13.2. The average molecular weight is 422 g/mol. The number of amides is 1. The van der Waals surface area contributed by atoms with Crippen LogP contribution in [0.1, 0.15) is 34.8 Å². The van der Waals surface area contributed by atoms with E-state index < -0.39 is 0 Å². The standard InChI is InChI=1S/C25H18N4O3/c1-31-15-10-16-28-13-8-4-2-6-11(13)17-19-20(24(30)27-23(19)26)18-12-7-3-5-9-14(12)29(25(15)32-16)22(18)21(17)28/h2-9,15-16,25H,10H2,1H3,(H2,26,27,30). The molecule has 2 N–H and O–H groups in total. The minimum atomic E-state index is -0.295. The van der Waals surface area contributed by atoms with Gasteiger partial charge in [0, 0.05) is 40.6 Å². The molecule has 5 aromatic rings. The number of fused-ring (bicyclic) bond motifs is 13. The summed E-state index contributed by atoms with van der Waals surface area (Å²) < 4.78 is 17.0. The molecule has 2 bridgehead atoms. The van der Waals surface area contributed by atoms with Crippen LogP contribution in [0, 0.1) is 5.41 Å². The van der Waals surface area contributed by atoms with Crippen molar-refractivity contribution in [3.63, 3.8) is 0 Å². The Morgan fingerprint density at radius 3 is 2.31 bits per heavy atom. The number of benzene rings is 3. The molecule has 0 radical (unpaired) electrons. The number of amidine groups is 1. The van der Waals surface area contributed by atoms with Crippen LogP contribution in [-0.4, -0.2) is 34.1 Å². The monoisotopic (exact) mass is 422 g/mol. The molecule has 0 saturated carbocycles. The van der Waals surface area contributed by atoms with Crippen LogP contribution in [0.5, 0.6) is 0 Å². The Hall–Kier alpha value is -3.68. The molecular weight excluding hydrogens is 404 g/mol. The predicted octanol–water partition coefficient (Wildman–Crippen LogP) is 4.42. The van der Waals surface area contributed by atoms with Gasteiger partial charge in [0.05, 0.1) is 27.6 Å². The highest BCUT2D eigenvalue weighted by atomic mass is 16.6. The molecule has 3 aromatic carbocycles. The van der Waals surface area contributed by atoms with Crippen LogP contribution in [0.4, 0.5) is 0 Å². The number of hydrogen-bond donors (Lipinski definition) is 2. The van der Waals surface area contributed by atoms with E-state index in [4.69, 9.17) is 14.9 Å². The smallest absolute Gasteiger partial charge is 0.258 e. The summed E-state index contributed by atoms with van der Waals surface area (Å²) in [5, 5.41) is 15.3. The van der Waals surface area contributed by atoms with Gasteiger partial charge in [0.2, 0.25) is 0 Å². The van der Waals surface area contributed by atoms with Gasteiger partial charge in [0.15, 0.2) is 6.23 Å². The zero-order valence-electron chi connectivity index (χ0n) is 17.2. The highest BCUT2D eigenvalue weighted by Crippen LogP contribution is 2.52. The lowest BCUT2D eigenvalue weighted by Gasteiger charge is -2.21. The van der Waals surface area contributed by atoms with Crippen molar-refractivity contribution in [1.82, 2.24) is 14.5 Å². The number of methoxy groups -OCH3 is 1. The number of nitrogens with zero attached hydrogens (tertiary/aromatic N) is 2. The first kappa shape index (κ1) is 16.9. The van der Waals surface area contributed by atoms with Crippen molar-refractivity contribution in [2.75, 3.05) is 7.11 Å². The van der Waals surface area contributed by atoms with Gasteiger partial charge >= 0.3 is 0 Å². The van der Waals surface area contributed by atoms with Crippen molar-refractivity contribution in [2.45, 2.75) is 25.0 Å². The normalized spacial score (nSPS) is 23.7. The van der Waals surface area contributed by atoms with E-state index in [9.17, 15) is 4.79 Å². The first-order valence-electron chi connectivity index (χ1n) is 10.8. The molecule has 0 spiro atoms. The van der Waals surface area contributed by atoms with Gasteiger partial charge in [-0.2, -0.15) is 0 Å². The summed E-state index contributed by atoms with van der Waals surface area (Å²) in [6.45, 7) is 0. The average Bonchev–Trinajstić information content (AvgIpc) is 3.50. The van der Waals surface area contributed by atoms with Crippen molar-refractivity contribution < 1.29 is 14.3 Å². The van der Waals surface area contributed by atoms with E-state index in [2.05, 4.69) is 38.7 Å². The van der Waals surface area contributed by atoms with Gasteiger partial charge in [-0.25, -0.2) is 0 Å². The molecule has 3 atom stereocenters. The fourth-order valence-electron chi connectivity index (χ4n) is 6.25. The van der Waals surface area contributed by atoms with E-state index >= 15 is 0 Å². The molecule has 3 aliphatic rings. The SMILES string of the molecule is COC1CC2OC1n1c3ccccc3c3c4c(c5c6ccccc6n2c5c31)C(=N)NC4=O. The van der Waals surface area contributed by atoms with Gasteiger partial charge in [-0.05, 0) is 12.1 Å². The second kappa shape index (κ2) is 5.38. The van der Waals surface area contributed by atoms with Gasteiger partial charge in [-0.3, -0.25) is 10.2 Å². The lowest BCUT2D eigenvalue weighted by atomic mass is 9.96. The number of para-hydroxylation sites is 2. The summed E-state index contributed by atoms with van der Waals surface area (Å²) in [5.41, 5.74) is 5.34. The second-order valence-electron chi connectivity index (χ2n) is 8.79. The molecule has 0 aliphatic carbocycles. The molecule has 5 heterocycles. The van der Waals surface area contributed by atoms with Crippen molar-refractivity contribution in [3.05, 3.63) is 59.7 Å². The molecule has 3 unspecified atom stereocenters. The number of ether oxygens (including phenoxy) is 2. The fourth-order valence-corrected chi connectivity index (χ4v) is 6.25. The van der Waals surface area contributed by atoms with Crippen molar-refractivity contribution >= 4 is 55.4 Å². The summed E-state index contributed by atoms with van der Waals surface area (Å²) in [6.07, 6.45) is 0.139. The molecule has 156 valence electrons. The van der Waals surface area contributed by atoms with Crippen LogP contribution in [0.25, 0.3) is 43.6 Å². The van der Waals surface area contributed by atoms with Crippen molar-refractivity contribution in [2.24, 2.45) is 0 Å². The Balaban J connectivity index is 1.78. The summed E-state index contributed by atoms with van der Waals surface area (Å²) in [4.78, 5) is 13.2. The summed E-state index contributed by atoms with van der Waals surface area (Å²) in [7, 11) is 1.73. The Kier molecular flexibility index (Phi) is 2.85. The van der Waals surface area contributed by atoms with Crippen LogP contribution in [0.3, 0.4) is 0 Å². The molecule has 32 heavy (non-hydrogen) atoms. The third kappa shape index (κ3) is 1.68. The maximum atomic E-state index is 13.2. The van der Waals surface area contributed by atoms with Crippen molar-refractivity contribution in [3.8, 4) is 0 Å². The molecule has 7 heteroatoms. The maximum Gasteiger partial charge on any atom is 0.258 e. The van der Waals surface area contributed by atoms with Gasteiger partial charge in [-0.1, -0.05) is 36.4 Å². The highest BCUT2D eigenvalue weighted by molar-refractivity contribution is 6.40. The number of hydrogen-bond acceptors (Lipinski definition) is 4. The number of carbonyl (C=O) groups is 1. The molecule has 1 fully saturated rings. The summed E-state index contributed by atoms with van der Waals surface area (Å²) >= 11 is 0. The molecule has 7 nitrogen and oxygen atoms in total. The molecule has 1 saturated heterocycles. The molecule has 1 amide bonds. The van der Waals surface area contributed by atoms with Crippen molar-refractivity contribution in [1.29, 1.82) is 5.41 Å². The third-order valence-corrected chi connectivity index (χ3v) is 7.40. The van der Waals surface area contributed by atoms with Crippen LogP contribution >= 0.6 is 0 Å². The van der Waals surface area contributed by atoms with E-state index in [1.54, 1.807) is 7.11 Å². The van der Waals surface area contributed by atoms with E-state index in [1.807, 2.05) is 24.3 Å². The van der Waals surface area contributed by atoms with E-state index in [0.29, 0.717) is 11.1 Å². The minimum Gasteiger partial charge on any atom is -0.377 e. The minimum absolute atomic E-state index is 0.108. The third-order valence-electron chi connectivity index (χ3n) is 7.40. The largest absolute Gasteiger partial charge is 0.377 e. The van der Waals surface area contributed by atoms with Crippen LogP contribution < -0.4 is 5.32 Å². The van der Waals surface area contributed by atoms with Gasteiger partial charge in [-0.15, -0.1) is 0 Å². The lowest BCUT2D eigenvalue weighted by Crippen LogP contribution is -2.21. The quantitative estimate of drug-likeness (QED) is 0.420. The van der Waals surface area contributed by atoms with Gasteiger partial charge in [0.1, 0.15) is 18.2 Å². The first-order chi connectivity index (χ1) is 15.7. The van der Waals surface area contributed by atoms with E-state index in [0.717, 1.165) is 50.0 Å². The Morgan fingerprint density at radius 2 is 1.59 bits per heavy atom. The summed E-state index contributed by atoms with van der Waals surface area (Å²) in [5.74, 6) is -0.0537. The predicted molar refractivity (Wildman–Crippen MR) is 121 cm³/mol. The van der Waals surface area contributed by atoms with E-state index in [1.165, 1.54) is 0 Å². The molecule has 2 aromatic heterocycles. The number of nitrogens with one attached hydrogen (secondary N) is 2. The Morgan fingerprint density at radius 1 is 0.969 bits per heavy atom. The zero-order valence-corrected chi connectivity index (χ0v) is 17.2. The molecule has 8 rings (SSSR count). The van der Waals surface area contributed by atoms with Crippen LogP contribution in [0.15, 0.2) is 48.5 Å². The Bertz CT molecular complexity index is 1710.